The minimum absolute atomic E-state index is 0.254. The average Bonchev–Trinajstić information content (AvgIpc) is 3.34. The van der Waals surface area contributed by atoms with Crippen molar-refractivity contribution < 1.29 is 65.9 Å². The largest absolute Gasteiger partial charge is 0.490 e. The maximum absolute atomic E-state index is 13.1. The van der Waals surface area contributed by atoms with E-state index < -0.39 is 65.9 Å². The number of fused-ring (bicyclic) bond motifs is 1. The molecule has 22 heteroatoms. The van der Waals surface area contributed by atoms with E-state index in [4.69, 9.17) is 19.0 Å². The molecule has 1 aliphatic heterocycles. The molecule has 3 aromatic rings. The van der Waals surface area contributed by atoms with E-state index in [1.54, 1.807) is 24.3 Å². The van der Waals surface area contributed by atoms with Gasteiger partial charge in [-0.1, -0.05) is 17.3 Å². The van der Waals surface area contributed by atoms with Crippen molar-refractivity contribution in [1.82, 2.24) is 14.3 Å². The van der Waals surface area contributed by atoms with Gasteiger partial charge in [0, 0.05) is 17.6 Å². The van der Waals surface area contributed by atoms with Crippen LogP contribution in [-0.4, -0.2) is 69.0 Å². The normalized spacial score (nSPS) is 25.0. The van der Waals surface area contributed by atoms with Crippen molar-refractivity contribution in [3.05, 3.63) is 63.1 Å². The SMILES string of the molecule is O=c1ccn([C@@H]2O[C@H](COP(=O)(O)OP(=O)(O)OP(=O)(O)O)C(O)[C@@H]2O)c(=O)n1Cc1noc2ccccc12. The van der Waals surface area contributed by atoms with E-state index in [2.05, 4.69) is 18.3 Å². The lowest BCUT2D eigenvalue weighted by Gasteiger charge is -2.19. The number of hydrogen-bond donors (Lipinski definition) is 6. The Balaban J connectivity index is 1.50. The zero-order chi connectivity index (χ0) is 28.8. The van der Waals surface area contributed by atoms with Gasteiger partial charge in [0.25, 0.3) is 5.56 Å². The topological polar surface area (TPSA) is 280 Å². The van der Waals surface area contributed by atoms with Crippen molar-refractivity contribution in [2.45, 2.75) is 31.1 Å². The molecule has 3 unspecified atom stereocenters. The van der Waals surface area contributed by atoms with Gasteiger partial charge in [-0.25, -0.2) is 18.5 Å². The Hall–Kier alpha value is -2.34. The van der Waals surface area contributed by atoms with Crippen molar-refractivity contribution in [3.63, 3.8) is 0 Å². The summed E-state index contributed by atoms with van der Waals surface area (Å²) in [4.78, 5) is 61.5. The van der Waals surface area contributed by atoms with Crippen LogP contribution >= 0.6 is 23.5 Å². The highest BCUT2D eigenvalue weighted by Gasteiger charge is 2.47. The van der Waals surface area contributed by atoms with Crippen molar-refractivity contribution >= 4 is 34.4 Å². The fraction of sp³-hybridized carbons (Fsp3) is 0.353. The van der Waals surface area contributed by atoms with Crippen molar-refractivity contribution in [2.24, 2.45) is 0 Å². The number of ether oxygens (including phenoxy) is 1. The molecular weight excluding hydrogens is 595 g/mol. The number of rotatable bonds is 10. The summed E-state index contributed by atoms with van der Waals surface area (Å²) in [5.41, 5.74) is -1.06. The molecule has 4 rings (SSSR count). The van der Waals surface area contributed by atoms with E-state index in [9.17, 15) is 43.3 Å². The molecule has 214 valence electrons. The molecule has 19 nitrogen and oxygen atoms in total. The summed E-state index contributed by atoms with van der Waals surface area (Å²) in [6.07, 6.45) is -5.98. The molecule has 6 N–H and O–H groups in total. The smallest absolute Gasteiger partial charge is 0.387 e. The maximum atomic E-state index is 13.1. The van der Waals surface area contributed by atoms with Gasteiger partial charge in [-0.05, 0) is 12.1 Å². The van der Waals surface area contributed by atoms with Gasteiger partial charge in [0.1, 0.15) is 24.0 Å². The molecule has 0 saturated carbocycles. The van der Waals surface area contributed by atoms with Gasteiger partial charge < -0.3 is 39.0 Å². The Labute approximate surface area is 215 Å². The van der Waals surface area contributed by atoms with Gasteiger partial charge in [-0.2, -0.15) is 8.62 Å². The summed E-state index contributed by atoms with van der Waals surface area (Å²) < 4.78 is 57.7. The highest BCUT2D eigenvalue weighted by Crippen LogP contribution is 2.66. The van der Waals surface area contributed by atoms with E-state index in [0.717, 1.165) is 21.4 Å². The second-order valence-electron chi connectivity index (χ2n) is 7.99. The Morgan fingerprint density at radius 2 is 1.64 bits per heavy atom. The minimum Gasteiger partial charge on any atom is -0.387 e. The van der Waals surface area contributed by atoms with Crippen LogP contribution in [0.25, 0.3) is 11.0 Å². The van der Waals surface area contributed by atoms with Gasteiger partial charge >= 0.3 is 29.2 Å². The molecule has 0 aliphatic carbocycles. The number of benzene rings is 1. The minimum atomic E-state index is -5.78. The number of phosphoric acid groups is 3. The van der Waals surface area contributed by atoms with Crippen LogP contribution < -0.4 is 11.2 Å². The van der Waals surface area contributed by atoms with Crippen LogP contribution in [0, 0.1) is 0 Å². The maximum Gasteiger partial charge on any atom is 0.490 e. The van der Waals surface area contributed by atoms with E-state index in [-0.39, 0.29) is 12.2 Å². The molecule has 3 heterocycles. The second kappa shape index (κ2) is 10.9. The fourth-order valence-corrected chi connectivity index (χ4v) is 6.67. The summed E-state index contributed by atoms with van der Waals surface area (Å²) in [7, 11) is -16.9. The van der Waals surface area contributed by atoms with Gasteiger partial charge in [0.05, 0.1) is 13.2 Å². The first-order valence-electron chi connectivity index (χ1n) is 10.5. The molecule has 0 amide bonds. The van der Waals surface area contributed by atoms with Crippen molar-refractivity contribution in [3.8, 4) is 0 Å². The molecule has 0 spiro atoms. The van der Waals surface area contributed by atoms with Crippen LogP contribution in [0.5, 0.6) is 0 Å². The summed E-state index contributed by atoms with van der Waals surface area (Å²) in [6.45, 7) is -1.41. The number of hydrogen-bond acceptors (Lipinski definition) is 13. The van der Waals surface area contributed by atoms with Crippen LogP contribution in [0.4, 0.5) is 0 Å². The van der Waals surface area contributed by atoms with Gasteiger partial charge in [0.15, 0.2) is 11.8 Å². The first kappa shape index (κ1) is 29.6. The molecule has 39 heavy (non-hydrogen) atoms. The Morgan fingerprint density at radius 3 is 2.33 bits per heavy atom. The number of aliphatic hydroxyl groups is 2. The standard InChI is InChI=1S/C17H20N3O16P3/c21-13-5-6-19(17(24)20(13)7-10-9-3-1-2-4-11(9)34-18-10)16-15(23)14(22)12(33-16)8-32-38(28,29)36-39(30,31)35-37(25,26)27/h1-6,12,14-16,22-23H,7-8H2,(H,28,29)(H,30,31)(H2,25,26,27)/t12-,14?,15+,16-/m1/s1. The molecular formula is C17H20N3O16P3. The molecule has 6 atom stereocenters. The Bertz CT molecular complexity index is 1630. The number of aliphatic hydroxyl groups excluding tert-OH is 2. The third kappa shape index (κ3) is 6.87. The summed E-state index contributed by atoms with van der Waals surface area (Å²) in [5.74, 6) is 0. The monoisotopic (exact) mass is 615 g/mol. The summed E-state index contributed by atoms with van der Waals surface area (Å²) in [5, 5.41) is 25.2. The zero-order valence-electron chi connectivity index (χ0n) is 19.1. The van der Waals surface area contributed by atoms with E-state index in [1.807, 2.05) is 0 Å². The van der Waals surface area contributed by atoms with Crippen molar-refractivity contribution in [1.29, 1.82) is 0 Å². The van der Waals surface area contributed by atoms with Gasteiger partial charge in [0.2, 0.25) is 0 Å². The molecule has 2 aromatic heterocycles. The predicted octanol–water partition coefficient (Wildman–Crippen LogP) is -0.838. The molecule has 1 saturated heterocycles. The molecule has 0 radical (unpaired) electrons. The summed E-state index contributed by atoms with van der Waals surface area (Å²) >= 11 is 0. The van der Waals surface area contributed by atoms with Gasteiger partial charge in [-0.3, -0.25) is 18.5 Å². The number of aromatic nitrogens is 3. The summed E-state index contributed by atoms with van der Waals surface area (Å²) in [6, 6.07) is 7.66. The molecule has 1 fully saturated rings. The zero-order valence-corrected chi connectivity index (χ0v) is 21.8. The first-order valence-corrected chi connectivity index (χ1v) is 15.0. The second-order valence-corrected chi connectivity index (χ2v) is 12.4. The van der Waals surface area contributed by atoms with E-state index >= 15 is 0 Å². The number of para-hydroxylation sites is 1. The van der Waals surface area contributed by atoms with E-state index in [0.29, 0.717) is 11.0 Å². The lowest BCUT2D eigenvalue weighted by Crippen LogP contribution is -2.43. The molecule has 1 aromatic carbocycles. The molecule has 1 aliphatic rings. The highest BCUT2D eigenvalue weighted by atomic mass is 31.3. The third-order valence-corrected chi connectivity index (χ3v) is 9.09. The van der Waals surface area contributed by atoms with Crippen LogP contribution in [-0.2, 0) is 38.1 Å². The number of nitrogens with zero attached hydrogens (tertiary/aromatic N) is 3. The highest BCUT2D eigenvalue weighted by molar-refractivity contribution is 7.66. The van der Waals surface area contributed by atoms with Crippen LogP contribution in [0.15, 0.2) is 50.6 Å². The Morgan fingerprint density at radius 1 is 0.949 bits per heavy atom. The van der Waals surface area contributed by atoms with E-state index in [1.165, 1.54) is 0 Å². The van der Waals surface area contributed by atoms with Crippen LogP contribution in [0.1, 0.15) is 11.9 Å². The third-order valence-electron chi connectivity index (χ3n) is 5.28. The lowest BCUT2D eigenvalue weighted by atomic mass is 10.1. The number of phosphoric ester groups is 1. The average molecular weight is 615 g/mol. The first-order chi connectivity index (χ1) is 18.1. The van der Waals surface area contributed by atoms with Crippen molar-refractivity contribution in [2.75, 3.05) is 6.61 Å². The lowest BCUT2D eigenvalue weighted by molar-refractivity contribution is -0.0547. The van der Waals surface area contributed by atoms with Crippen LogP contribution in [0.3, 0.4) is 0 Å². The van der Waals surface area contributed by atoms with Crippen LogP contribution in [0.2, 0.25) is 0 Å². The Kier molecular flexibility index (Phi) is 8.29. The molecule has 0 bridgehead atoms. The predicted molar refractivity (Wildman–Crippen MR) is 124 cm³/mol. The quantitative estimate of drug-likeness (QED) is 0.152. The fourth-order valence-electron chi connectivity index (χ4n) is 3.64. The van der Waals surface area contributed by atoms with Gasteiger partial charge in [-0.15, -0.1) is 0 Å².